The van der Waals surface area contributed by atoms with E-state index in [1.807, 2.05) is 0 Å². The average molecular weight is 282 g/mol. The maximum atomic E-state index is 11.9. The number of carbonyl (C=O) groups excluding carboxylic acids is 1. The van der Waals surface area contributed by atoms with Gasteiger partial charge in [0.2, 0.25) is 0 Å². The van der Waals surface area contributed by atoms with Crippen molar-refractivity contribution in [2.24, 2.45) is 0 Å². The second kappa shape index (κ2) is 7.99. The van der Waals surface area contributed by atoms with Gasteiger partial charge < -0.3 is 15.0 Å². The van der Waals surface area contributed by atoms with E-state index in [0.717, 1.165) is 13.0 Å². The average Bonchev–Trinajstić information content (AvgIpc) is 3.29. The van der Waals surface area contributed by atoms with Gasteiger partial charge in [0.1, 0.15) is 6.04 Å². The Balaban J connectivity index is 1.83. The van der Waals surface area contributed by atoms with Gasteiger partial charge in [0.05, 0.1) is 7.11 Å². The standard InChI is InChI=1S/C16H30N2O2/c1-3-14-7-5-4-6-11-18(14)12-10-15(16(19)20-2)17-13-8-9-13/h13-15,17H,3-12H2,1-2H3. The fraction of sp³-hybridized carbons (Fsp3) is 0.938. The Morgan fingerprint density at radius 1 is 1.30 bits per heavy atom. The Bertz CT molecular complexity index is 305. The molecule has 0 aromatic carbocycles. The molecule has 4 heteroatoms. The molecule has 0 aromatic rings. The van der Waals surface area contributed by atoms with Crippen LogP contribution in [-0.2, 0) is 9.53 Å². The van der Waals surface area contributed by atoms with E-state index in [0.29, 0.717) is 12.1 Å². The molecule has 1 heterocycles. The normalized spacial score (nSPS) is 26.0. The van der Waals surface area contributed by atoms with Gasteiger partial charge in [-0.15, -0.1) is 0 Å². The molecular formula is C16H30N2O2. The summed E-state index contributed by atoms with van der Waals surface area (Å²) >= 11 is 0. The zero-order chi connectivity index (χ0) is 14.4. The Hall–Kier alpha value is -0.610. The van der Waals surface area contributed by atoms with Crippen LogP contribution >= 0.6 is 0 Å². The van der Waals surface area contributed by atoms with Gasteiger partial charge in [-0.1, -0.05) is 19.8 Å². The molecule has 20 heavy (non-hydrogen) atoms. The van der Waals surface area contributed by atoms with Crippen LogP contribution in [0, 0.1) is 0 Å². The molecule has 4 nitrogen and oxygen atoms in total. The first-order chi connectivity index (χ1) is 9.74. The smallest absolute Gasteiger partial charge is 0.322 e. The van der Waals surface area contributed by atoms with Gasteiger partial charge in [-0.2, -0.15) is 0 Å². The fourth-order valence-electron chi connectivity index (χ4n) is 3.23. The summed E-state index contributed by atoms with van der Waals surface area (Å²) in [5.74, 6) is -0.0974. The molecule has 1 aliphatic carbocycles. The summed E-state index contributed by atoms with van der Waals surface area (Å²) in [5, 5.41) is 3.43. The van der Waals surface area contributed by atoms with E-state index in [1.54, 1.807) is 0 Å². The Labute approximate surface area is 123 Å². The molecule has 2 fully saturated rings. The number of likely N-dealkylation sites (tertiary alicyclic amines) is 1. The third-order valence-electron chi connectivity index (χ3n) is 4.68. The highest BCUT2D eigenvalue weighted by Crippen LogP contribution is 2.22. The molecule has 2 rings (SSSR count). The van der Waals surface area contributed by atoms with E-state index in [-0.39, 0.29) is 12.0 Å². The molecule has 0 amide bonds. The van der Waals surface area contributed by atoms with E-state index in [4.69, 9.17) is 4.74 Å². The molecule has 1 saturated heterocycles. The summed E-state index contributed by atoms with van der Waals surface area (Å²) in [4.78, 5) is 14.5. The van der Waals surface area contributed by atoms with Crippen molar-refractivity contribution in [2.45, 2.75) is 76.4 Å². The summed E-state index contributed by atoms with van der Waals surface area (Å²) < 4.78 is 4.94. The van der Waals surface area contributed by atoms with E-state index in [2.05, 4.69) is 17.1 Å². The van der Waals surface area contributed by atoms with Crippen LogP contribution in [0.25, 0.3) is 0 Å². The largest absolute Gasteiger partial charge is 0.468 e. The molecule has 2 atom stereocenters. The topological polar surface area (TPSA) is 41.6 Å². The van der Waals surface area contributed by atoms with Gasteiger partial charge in [-0.3, -0.25) is 4.79 Å². The molecule has 116 valence electrons. The van der Waals surface area contributed by atoms with Gasteiger partial charge >= 0.3 is 5.97 Å². The van der Waals surface area contributed by atoms with Crippen LogP contribution in [0.3, 0.4) is 0 Å². The molecule has 0 aromatic heterocycles. The van der Waals surface area contributed by atoms with E-state index in [1.165, 1.54) is 58.6 Å². The first-order valence-electron chi connectivity index (χ1n) is 8.32. The molecule has 2 unspecified atom stereocenters. The van der Waals surface area contributed by atoms with Gasteiger partial charge in [0, 0.05) is 18.6 Å². The molecule has 0 spiro atoms. The van der Waals surface area contributed by atoms with Crippen LogP contribution in [0.1, 0.15) is 58.3 Å². The number of esters is 1. The molecule has 1 N–H and O–H groups in total. The number of rotatable bonds is 7. The van der Waals surface area contributed by atoms with E-state index >= 15 is 0 Å². The van der Waals surface area contributed by atoms with Crippen LogP contribution in [0.2, 0.25) is 0 Å². The van der Waals surface area contributed by atoms with Crippen LogP contribution in [0.15, 0.2) is 0 Å². The van der Waals surface area contributed by atoms with Crippen molar-refractivity contribution in [1.82, 2.24) is 10.2 Å². The summed E-state index contributed by atoms with van der Waals surface area (Å²) in [6.07, 6.45) is 9.83. The van der Waals surface area contributed by atoms with Gasteiger partial charge in [0.15, 0.2) is 0 Å². The SMILES string of the molecule is CCC1CCCCCN1CCC(NC1CC1)C(=O)OC. The quantitative estimate of drug-likeness (QED) is 0.728. The van der Waals surface area contributed by atoms with Crippen molar-refractivity contribution in [1.29, 1.82) is 0 Å². The Morgan fingerprint density at radius 2 is 2.10 bits per heavy atom. The monoisotopic (exact) mass is 282 g/mol. The second-order valence-corrected chi connectivity index (χ2v) is 6.25. The summed E-state index contributed by atoms with van der Waals surface area (Å²) in [5.41, 5.74) is 0. The lowest BCUT2D eigenvalue weighted by Crippen LogP contribution is -2.43. The van der Waals surface area contributed by atoms with Crippen molar-refractivity contribution in [2.75, 3.05) is 20.2 Å². The van der Waals surface area contributed by atoms with Gasteiger partial charge in [-0.25, -0.2) is 0 Å². The van der Waals surface area contributed by atoms with Gasteiger partial charge in [0.25, 0.3) is 0 Å². The number of nitrogens with zero attached hydrogens (tertiary/aromatic N) is 1. The summed E-state index contributed by atoms with van der Waals surface area (Å²) in [6.45, 7) is 4.48. The summed E-state index contributed by atoms with van der Waals surface area (Å²) in [7, 11) is 1.49. The minimum absolute atomic E-state index is 0.0974. The zero-order valence-electron chi connectivity index (χ0n) is 13.1. The third-order valence-corrected chi connectivity index (χ3v) is 4.68. The van der Waals surface area contributed by atoms with Crippen molar-refractivity contribution in [3.63, 3.8) is 0 Å². The lowest BCUT2D eigenvalue weighted by Gasteiger charge is -2.30. The first kappa shape index (κ1) is 15.8. The second-order valence-electron chi connectivity index (χ2n) is 6.25. The number of nitrogens with one attached hydrogen (secondary N) is 1. The minimum Gasteiger partial charge on any atom is -0.468 e. The van der Waals surface area contributed by atoms with Crippen molar-refractivity contribution < 1.29 is 9.53 Å². The highest BCUT2D eigenvalue weighted by atomic mass is 16.5. The van der Waals surface area contributed by atoms with Crippen LogP contribution in [0.5, 0.6) is 0 Å². The highest BCUT2D eigenvalue weighted by Gasteiger charge is 2.30. The fourth-order valence-corrected chi connectivity index (χ4v) is 3.23. The maximum Gasteiger partial charge on any atom is 0.322 e. The third kappa shape index (κ3) is 4.74. The molecule has 1 aliphatic heterocycles. The number of hydrogen-bond acceptors (Lipinski definition) is 4. The molecule has 0 bridgehead atoms. The zero-order valence-corrected chi connectivity index (χ0v) is 13.1. The Morgan fingerprint density at radius 3 is 2.75 bits per heavy atom. The summed E-state index contributed by atoms with van der Waals surface area (Å²) in [6, 6.07) is 1.13. The van der Waals surface area contributed by atoms with Gasteiger partial charge in [-0.05, 0) is 45.1 Å². The number of ether oxygens (including phenoxy) is 1. The Kier molecular flexibility index (Phi) is 6.30. The molecule has 1 saturated carbocycles. The highest BCUT2D eigenvalue weighted by molar-refractivity contribution is 5.75. The van der Waals surface area contributed by atoms with E-state index < -0.39 is 0 Å². The first-order valence-corrected chi connectivity index (χ1v) is 8.32. The van der Waals surface area contributed by atoms with Crippen molar-refractivity contribution in [3.05, 3.63) is 0 Å². The van der Waals surface area contributed by atoms with Crippen LogP contribution < -0.4 is 5.32 Å². The van der Waals surface area contributed by atoms with Crippen LogP contribution in [0.4, 0.5) is 0 Å². The van der Waals surface area contributed by atoms with Crippen molar-refractivity contribution >= 4 is 5.97 Å². The number of methoxy groups -OCH3 is 1. The number of carbonyl (C=O) groups is 1. The molecular weight excluding hydrogens is 252 g/mol. The lowest BCUT2D eigenvalue weighted by atomic mass is 10.1. The number of hydrogen-bond donors (Lipinski definition) is 1. The minimum atomic E-state index is -0.117. The van der Waals surface area contributed by atoms with Crippen molar-refractivity contribution in [3.8, 4) is 0 Å². The maximum absolute atomic E-state index is 11.9. The predicted octanol–water partition coefficient (Wildman–Crippen LogP) is 2.32. The van der Waals surface area contributed by atoms with Crippen LogP contribution in [-0.4, -0.2) is 49.2 Å². The predicted molar refractivity (Wildman–Crippen MR) is 80.7 cm³/mol. The molecule has 0 radical (unpaired) electrons. The van der Waals surface area contributed by atoms with E-state index in [9.17, 15) is 4.79 Å². The molecule has 2 aliphatic rings. The lowest BCUT2D eigenvalue weighted by molar-refractivity contribution is -0.143.